The number of fused-ring (bicyclic) bond motifs is 2. The van der Waals surface area contributed by atoms with E-state index in [1.807, 2.05) is 62.4 Å². The third kappa shape index (κ3) is 3.80. The molecule has 0 fully saturated rings. The zero-order valence-electron chi connectivity index (χ0n) is 18.3. The van der Waals surface area contributed by atoms with Crippen LogP contribution in [0.15, 0.2) is 80.8 Å². The van der Waals surface area contributed by atoms with Crippen LogP contribution in [0.1, 0.15) is 22.3 Å². The molecule has 5 aromatic rings. The first kappa shape index (κ1) is 20.7. The zero-order valence-corrected chi connectivity index (χ0v) is 18.3. The molecule has 0 unspecified atom stereocenters. The van der Waals surface area contributed by atoms with Crippen molar-refractivity contribution in [2.75, 3.05) is 0 Å². The van der Waals surface area contributed by atoms with Gasteiger partial charge in [-0.05, 0) is 48.7 Å². The van der Waals surface area contributed by atoms with Crippen molar-refractivity contribution in [1.82, 2.24) is 10.3 Å². The van der Waals surface area contributed by atoms with Gasteiger partial charge in [-0.25, -0.2) is 4.79 Å². The van der Waals surface area contributed by atoms with Crippen LogP contribution < -0.4 is 10.9 Å². The number of amides is 1. The van der Waals surface area contributed by atoms with E-state index in [1.165, 1.54) is 0 Å². The lowest BCUT2D eigenvalue weighted by molar-refractivity contribution is -0.120. The van der Waals surface area contributed by atoms with Crippen LogP contribution in [-0.2, 0) is 17.8 Å². The topological polar surface area (TPSA) is 85.3 Å². The van der Waals surface area contributed by atoms with Gasteiger partial charge in [0.05, 0.1) is 18.2 Å². The number of rotatable bonds is 5. The smallest absolute Gasteiger partial charge is 0.340 e. The van der Waals surface area contributed by atoms with Gasteiger partial charge in [-0.2, -0.15) is 0 Å². The Hall–Kier alpha value is -4.19. The van der Waals surface area contributed by atoms with Gasteiger partial charge in [0, 0.05) is 40.8 Å². The number of aromatic nitrogens is 1. The predicted molar refractivity (Wildman–Crippen MR) is 127 cm³/mol. The van der Waals surface area contributed by atoms with Gasteiger partial charge in [-0.3, -0.25) is 9.78 Å². The van der Waals surface area contributed by atoms with Crippen LogP contribution in [0.2, 0.25) is 0 Å². The van der Waals surface area contributed by atoms with Crippen molar-refractivity contribution in [3.63, 3.8) is 0 Å². The van der Waals surface area contributed by atoms with Crippen LogP contribution in [0, 0.1) is 13.8 Å². The summed E-state index contributed by atoms with van der Waals surface area (Å²) in [7, 11) is 0. The van der Waals surface area contributed by atoms with E-state index in [4.69, 9.17) is 8.83 Å². The number of pyridine rings is 1. The number of furan rings is 1. The normalized spacial score (nSPS) is 11.2. The minimum absolute atomic E-state index is 0.0524. The number of carbonyl (C=O) groups excluding carboxylic acids is 1. The molecular formula is C27H22N2O4. The number of carbonyl (C=O) groups is 1. The summed E-state index contributed by atoms with van der Waals surface area (Å²) >= 11 is 0. The molecule has 0 saturated heterocycles. The third-order valence-electron chi connectivity index (χ3n) is 6.00. The molecule has 1 N–H and O–H groups in total. The molecule has 6 nitrogen and oxygen atoms in total. The van der Waals surface area contributed by atoms with Crippen molar-refractivity contribution in [3.05, 3.63) is 99.9 Å². The van der Waals surface area contributed by atoms with Gasteiger partial charge < -0.3 is 14.2 Å². The number of nitrogens with one attached hydrogen (secondary N) is 1. The minimum Gasteiger partial charge on any atom is -0.463 e. The van der Waals surface area contributed by atoms with Crippen LogP contribution >= 0.6 is 0 Å². The average molecular weight is 438 g/mol. The first-order valence-electron chi connectivity index (χ1n) is 10.7. The van der Waals surface area contributed by atoms with Crippen LogP contribution in [0.4, 0.5) is 0 Å². The van der Waals surface area contributed by atoms with Gasteiger partial charge >= 0.3 is 5.63 Å². The Morgan fingerprint density at radius 3 is 2.48 bits per heavy atom. The highest BCUT2D eigenvalue weighted by atomic mass is 16.4. The van der Waals surface area contributed by atoms with Crippen molar-refractivity contribution in [2.24, 2.45) is 0 Å². The summed E-state index contributed by atoms with van der Waals surface area (Å²) in [6, 6.07) is 15.6. The maximum absolute atomic E-state index is 12.8. The Morgan fingerprint density at radius 2 is 1.73 bits per heavy atom. The Morgan fingerprint density at radius 1 is 0.970 bits per heavy atom. The van der Waals surface area contributed by atoms with Crippen molar-refractivity contribution >= 4 is 27.8 Å². The number of nitrogens with zero attached hydrogens (tertiary/aromatic N) is 1. The van der Waals surface area contributed by atoms with E-state index in [-0.39, 0.29) is 12.3 Å². The molecule has 3 aromatic heterocycles. The molecule has 2 aromatic carbocycles. The zero-order chi connectivity index (χ0) is 22.9. The lowest BCUT2D eigenvalue weighted by Gasteiger charge is -2.11. The van der Waals surface area contributed by atoms with Gasteiger partial charge in [0.25, 0.3) is 0 Å². The second kappa shape index (κ2) is 8.39. The van der Waals surface area contributed by atoms with E-state index < -0.39 is 5.63 Å². The SMILES string of the molecule is Cc1c(CC(=O)NCc2ccncc2)c(=O)oc2c(C)c3occ(-c4ccccc4)c3cc12. The van der Waals surface area contributed by atoms with Gasteiger partial charge in [-0.1, -0.05) is 30.3 Å². The second-order valence-corrected chi connectivity index (χ2v) is 8.07. The fourth-order valence-electron chi connectivity index (χ4n) is 4.17. The monoisotopic (exact) mass is 438 g/mol. The van der Waals surface area contributed by atoms with Crippen LogP contribution in [0.3, 0.4) is 0 Å². The summed E-state index contributed by atoms with van der Waals surface area (Å²) in [5.74, 6) is -0.243. The number of aryl methyl sites for hydroxylation is 2. The lowest BCUT2D eigenvalue weighted by atomic mass is 9.97. The van der Waals surface area contributed by atoms with Crippen LogP contribution in [0.5, 0.6) is 0 Å². The van der Waals surface area contributed by atoms with Crippen molar-refractivity contribution in [2.45, 2.75) is 26.8 Å². The second-order valence-electron chi connectivity index (χ2n) is 8.07. The molecular weight excluding hydrogens is 416 g/mol. The van der Waals surface area contributed by atoms with E-state index >= 15 is 0 Å². The standard InChI is InChI=1S/C27H22N2O4/c1-16-20-12-22-23(19-6-4-3-5-7-19)15-32-25(22)17(2)26(20)33-27(31)21(16)13-24(30)29-14-18-8-10-28-11-9-18/h3-12,15H,13-14H2,1-2H3,(H,29,30). The maximum Gasteiger partial charge on any atom is 0.340 e. The Bertz CT molecular complexity index is 1530. The molecule has 0 aliphatic heterocycles. The largest absolute Gasteiger partial charge is 0.463 e. The first-order chi connectivity index (χ1) is 16.0. The summed E-state index contributed by atoms with van der Waals surface area (Å²) in [5, 5.41) is 4.60. The molecule has 0 saturated carbocycles. The van der Waals surface area contributed by atoms with Gasteiger partial charge in [-0.15, -0.1) is 0 Å². The van der Waals surface area contributed by atoms with E-state index in [9.17, 15) is 9.59 Å². The fourth-order valence-corrected chi connectivity index (χ4v) is 4.17. The molecule has 33 heavy (non-hydrogen) atoms. The molecule has 5 rings (SSSR count). The van der Waals surface area contributed by atoms with Crippen LogP contribution in [-0.4, -0.2) is 10.9 Å². The predicted octanol–water partition coefficient (Wildman–Crippen LogP) is 5.08. The molecule has 6 heteroatoms. The lowest BCUT2D eigenvalue weighted by Crippen LogP contribution is -2.27. The first-order valence-corrected chi connectivity index (χ1v) is 10.7. The number of hydrogen-bond donors (Lipinski definition) is 1. The average Bonchev–Trinajstić information content (AvgIpc) is 3.27. The molecule has 0 aliphatic carbocycles. The van der Waals surface area contributed by atoms with E-state index in [1.54, 1.807) is 18.7 Å². The van der Waals surface area contributed by atoms with Gasteiger partial charge in [0.1, 0.15) is 11.2 Å². The molecule has 3 heterocycles. The molecule has 0 spiro atoms. The molecule has 1 amide bonds. The highest BCUT2D eigenvalue weighted by Gasteiger charge is 2.20. The summed E-state index contributed by atoms with van der Waals surface area (Å²) in [6.07, 6.45) is 5.02. The van der Waals surface area contributed by atoms with Crippen molar-refractivity contribution < 1.29 is 13.6 Å². The highest BCUT2D eigenvalue weighted by molar-refractivity contribution is 6.05. The quantitative estimate of drug-likeness (QED) is 0.387. The fraction of sp³-hybridized carbons (Fsp3) is 0.148. The summed E-state index contributed by atoms with van der Waals surface area (Å²) in [5.41, 5.74) is 5.48. The minimum atomic E-state index is -0.503. The van der Waals surface area contributed by atoms with Crippen molar-refractivity contribution in [1.29, 1.82) is 0 Å². The summed E-state index contributed by atoms with van der Waals surface area (Å²) in [4.78, 5) is 29.3. The summed E-state index contributed by atoms with van der Waals surface area (Å²) in [6.45, 7) is 4.11. The van der Waals surface area contributed by atoms with Crippen molar-refractivity contribution in [3.8, 4) is 11.1 Å². The van der Waals surface area contributed by atoms with E-state index in [0.29, 0.717) is 23.3 Å². The Balaban J connectivity index is 1.54. The maximum atomic E-state index is 12.8. The molecule has 0 bridgehead atoms. The van der Waals surface area contributed by atoms with E-state index in [0.717, 1.165) is 38.6 Å². The van der Waals surface area contributed by atoms with Gasteiger partial charge in [0.15, 0.2) is 0 Å². The molecule has 0 aliphatic rings. The van der Waals surface area contributed by atoms with Gasteiger partial charge in [0.2, 0.25) is 5.91 Å². The Labute approximate surface area is 189 Å². The summed E-state index contributed by atoms with van der Waals surface area (Å²) < 4.78 is 11.5. The highest BCUT2D eigenvalue weighted by Crippen LogP contribution is 2.37. The number of hydrogen-bond acceptors (Lipinski definition) is 5. The van der Waals surface area contributed by atoms with E-state index in [2.05, 4.69) is 10.3 Å². The molecule has 0 radical (unpaired) electrons. The third-order valence-corrected chi connectivity index (χ3v) is 6.00. The molecule has 0 atom stereocenters. The Kier molecular flexibility index (Phi) is 5.26. The van der Waals surface area contributed by atoms with Crippen LogP contribution in [0.25, 0.3) is 33.1 Å². The molecule has 164 valence electrons. The number of benzene rings is 2.